The number of carboxylic acid groups (broad SMARTS) is 4. The predicted molar refractivity (Wildman–Crippen MR) is 512 cm³/mol. The van der Waals surface area contributed by atoms with Gasteiger partial charge in [-0.05, 0) is 130 Å². The van der Waals surface area contributed by atoms with E-state index in [0.29, 0.717) is 23.9 Å². The van der Waals surface area contributed by atoms with Gasteiger partial charge < -0.3 is 205 Å². The van der Waals surface area contributed by atoms with E-state index in [1.165, 1.54) is 42.0 Å². The molecule has 0 saturated heterocycles. The van der Waals surface area contributed by atoms with Crippen LogP contribution in [-0.4, -0.2) is 156 Å². The second kappa shape index (κ2) is 135. The number of H-pyrrole nitrogens is 2. The van der Waals surface area contributed by atoms with Gasteiger partial charge in [-0.3, -0.25) is 33.3 Å². The molecule has 0 aliphatic carbocycles. The maximum Gasteiger partial charge on any atom is 2.00 e. The Hall–Kier alpha value is -9.20. The molecular weight excluding hydrogens is 3270 g/mol. The zero-order valence-electron chi connectivity index (χ0n) is 73.4. The number of benzene rings is 7. The van der Waals surface area contributed by atoms with E-state index in [0.717, 1.165) is 60.7 Å². The molecule has 0 spiro atoms. The number of halogens is 6. The molecular formula is C66H102As2Cl4F2N22O40PPt6-11. The van der Waals surface area contributed by atoms with Crippen LogP contribution in [0.4, 0.5) is 8.78 Å². The number of phenolic OH excluding ortho intramolecular Hbond substituents is 3. The number of hydrogen-bond donors (Lipinski definition) is 21. The SMILES string of the molecule is CC(C)Cc1ccc(C(C)C(=O)O)cc1.CC(O)c1ccccc1O.Cc1ccc(C(C)C(=O)O)cc1.Cc1ccccc1O[P+](O)(O)O.O=C(O)c1ccccc1O.O=C(O)c1ccccc1O.O=N[O-].O=N[O-].O=N[O-].O=N[O-].O=N[O-].O=N[O-].O=c1[n-]c(=O)c(F)c[nH]1.O=c1[n-]c(=O)c(F)c[nH]1.O[As](O)O.O[As](O)O.Oc1ccccc1O.[Cl][Pt+2][Cl].[Cl][Pt+2][Cl].[NH2-].[NH2-].[NH2-].[NH2-].[NH2-].[NH2-].[NH2-].[NH2-].[NH2-].[NH2-].[NH2-].[NH2-].[Pt+2].[Pt+2].[Pt].[Pt]. The molecule has 2 aromatic heterocycles. The molecule has 143 heavy (non-hydrogen) atoms. The number of para-hydroxylation sites is 6. The summed E-state index contributed by atoms with van der Waals surface area (Å²) < 4.78 is 72.3. The van der Waals surface area contributed by atoms with Gasteiger partial charge in [-0.25, -0.2) is 18.4 Å². The van der Waals surface area contributed by atoms with E-state index < -0.39 is 148 Å². The van der Waals surface area contributed by atoms with Crippen molar-refractivity contribution in [2.75, 3.05) is 0 Å². The van der Waals surface area contributed by atoms with Gasteiger partial charge in [0, 0.05) is 47.7 Å². The number of phenols is 5. The molecule has 9 rings (SSSR count). The minimum Gasteiger partial charge on any atom is -0.693 e. The number of nitrogens with two attached hydrogens (primary N) is 12. The molecule has 9 aromatic rings. The number of aromatic hydroxyl groups is 5. The van der Waals surface area contributed by atoms with Crippen molar-refractivity contribution < 1.29 is 240 Å². The van der Waals surface area contributed by atoms with Gasteiger partial charge in [-0.15, -0.1) is 32.0 Å². The summed E-state index contributed by atoms with van der Waals surface area (Å²) in [7, 11) is 15.3. The van der Waals surface area contributed by atoms with Crippen LogP contribution in [0.3, 0.4) is 0 Å². The number of carboxylic acids is 4. The molecule has 7 aromatic carbocycles. The molecule has 0 aliphatic heterocycles. The topological polar surface area (TPSA) is 1310 Å². The molecule has 0 bridgehead atoms. The monoisotopic (exact) mass is 3370 g/mol. The van der Waals surface area contributed by atoms with Crippen molar-refractivity contribution in [1.29, 1.82) is 0 Å². The third-order valence-corrected chi connectivity index (χ3v) is 12.2. The quantitative estimate of drug-likeness (QED) is 0.0188. The van der Waals surface area contributed by atoms with Crippen molar-refractivity contribution >= 4 is 101 Å². The standard InChI is InChI=1S/C13H18O2.C10H12O2.C8H10O2.C7H10O4P.2C7H6O3.C6H6O2.2C4H3FN2O2.2AsH3O3.4ClH.6HNO2.12H2N.6Pt/c1-9(2)8-11-4-6-12(7-5-11)10(3)13(14)15;1-7-3-5-9(6-4-7)8(2)10(11)12;1-6(9)7-4-2-3-5-8(7)10;1-6-4-2-3-5-7(6)11-12(8,9)10;2*8-6-4-2-1-3-5(6)7(9)10;7-5-3-1-2-4-6(5)8;2*5-2-1-6-4(9)7-3(2)8;2*2-1(3)4;;;;;6*2-1-3;;;;;;;;;;;;;;;;;;/h4-7,9-10H,8H2,1-3H3,(H,14,15);3-6,8H,1-2H3,(H,11,12);2-6,9-10H,1H3;2-5,8-10H,1H3;2*1-4,8H,(H,9,10);1-4,7-8H;2*1H,(H2,6,7,8,9);2*2-4H;4*1H;6*(H,2,3);12*1H2;;;;;;/q;;;+1;;;;;;;;;;;;;;;;;;12*-1;;;2*+2;2*+4/p-12. The molecule has 45 N–H and O–H groups in total. The Labute approximate surface area is 912 Å². The van der Waals surface area contributed by atoms with Gasteiger partial charge in [0.15, 0.2) is 40.3 Å². The number of aliphatic carboxylic acids is 2. The Kier molecular flexibility index (Phi) is 191. The van der Waals surface area contributed by atoms with Gasteiger partial charge in [0.1, 0.15) is 28.4 Å². The fraction of sp³-hybridized carbons (Fsp3) is 0.182. The summed E-state index contributed by atoms with van der Waals surface area (Å²) in [6.07, 6.45) is 1.80. The first-order valence-corrected chi connectivity index (χ1v) is 49.4. The Morgan fingerprint density at radius 3 is 0.846 bits per heavy atom. The summed E-state index contributed by atoms with van der Waals surface area (Å²) >= 11 is -7.32. The maximum absolute atomic E-state index is 12.0. The van der Waals surface area contributed by atoms with Crippen molar-refractivity contribution in [2.45, 2.75) is 72.8 Å². The van der Waals surface area contributed by atoms with Crippen LogP contribution in [0.15, 0.2) is 233 Å². The van der Waals surface area contributed by atoms with Crippen LogP contribution in [0, 0.1) is 92.1 Å². The molecule has 3 unspecified atom stereocenters. The second-order valence-corrected chi connectivity index (χ2v) is 30.9. The summed E-state index contributed by atoms with van der Waals surface area (Å²) in [6, 6.07) is 46.7. The first kappa shape index (κ1) is 203. The number of nitrogens with zero attached hydrogens (tertiary/aromatic N) is 8. The number of hydrogen-bond acceptors (Lipinski definition) is 42. The first-order chi connectivity index (χ1) is 59.2. The number of aromatic carboxylic acids is 2. The maximum atomic E-state index is 12.0. The Balaban J connectivity index is -0.0000000428. The summed E-state index contributed by atoms with van der Waals surface area (Å²) in [4.78, 5) is 165. The largest absolute Gasteiger partial charge is 2.00 e. The van der Waals surface area contributed by atoms with Gasteiger partial charge >= 0.3 is 201 Å². The van der Waals surface area contributed by atoms with Crippen LogP contribution in [0.2, 0.25) is 0 Å². The minimum absolute atomic E-state index is 0. The van der Waals surface area contributed by atoms with Crippen LogP contribution in [-0.2, 0) is 133 Å². The van der Waals surface area contributed by atoms with E-state index in [2.05, 4.69) is 28.3 Å². The smallest absolute Gasteiger partial charge is 0.693 e. The number of aromatic nitrogens is 4. The Bertz CT molecular complexity index is 4530. The van der Waals surface area contributed by atoms with E-state index in [1.54, 1.807) is 113 Å². The summed E-state index contributed by atoms with van der Waals surface area (Å²) in [5, 5.41) is 142. The number of aliphatic hydroxyl groups excluding tert-OH is 1. The van der Waals surface area contributed by atoms with E-state index in [1.807, 2.05) is 65.4 Å². The van der Waals surface area contributed by atoms with Crippen molar-refractivity contribution in [3.05, 3.63) is 415 Å². The van der Waals surface area contributed by atoms with Gasteiger partial charge in [0.2, 0.25) is 11.1 Å². The Morgan fingerprint density at radius 1 is 0.427 bits per heavy atom. The van der Waals surface area contributed by atoms with Gasteiger partial charge in [0.25, 0.3) is 0 Å². The van der Waals surface area contributed by atoms with Crippen LogP contribution in [0.5, 0.6) is 34.5 Å². The van der Waals surface area contributed by atoms with Crippen LogP contribution in [0.1, 0.15) is 107 Å². The third kappa shape index (κ3) is 137. The number of nitrogens with one attached hydrogen (secondary N) is 2. The zero-order chi connectivity index (χ0) is 101. The van der Waals surface area contributed by atoms with Crippen LogP contribution in [0.25, 0.3) is 73.8 Å². The second-order valence-electron chi connectivity index (χ2n) is 20.9. The molecule has 0 radical (unpaired) electrons. The molecule has 62 nitrogen and oxygen atoms in total. The van der Waals surface area contributed by atoms with E-state index >= 15 is 0 Å². The molecule has 0 amide bonds. The average Bonchev–Trinajstić information content (AvgIpc) is 0.878. The molecule has 0 aliphatic rings. The summed E-state index contributed by atoms with van der Waals surface area (Å²) in [5.74, 6) is -6.19. The Morgan fingerprint density at radius 2 is 0.657 bits per heavy atom. The molecule has 2 heterocycles. The summed E-state index contributed by atoms with van der Waals surface area (Å²) in [5.41, 5.74) is 1.40. The molecule has 77 heteroatoms. The normalized spacial score (nSPS) is 8.55. The molecule has 844 valence electrons. The van der Waals surface area contributed by atoms with Crippen LogP contribution >= 0.6 is 45.8 Å². The van der Waals surface area contributed by atoms with Crippen LogP contribution < -0.4 is 37.0 Å². The van der Waals surface area contributed by atoms with Gasteiger partial charge in [0.05, 0.1) is 17.9 Å². The van der Waals surface area contributed by atoms with E-state index in [9.17, 15) is 47.1 Å². The molecule has 0 saturated carbocycles. The molecule has 0 fully saturated rings. The number of carbonyl (C=O) groups is 4. The van der Waals surface area contributed by atoms with Crippen molar-refractivity contribution in [3.63, 3.8) is 0 Å². The number of aromatic amines is 2. The molecule has 3 atom stereocenters. The van der Waals surface area contributed by atoms with Crippen molar-refractivity contribution in [3.8, 4) is 34.5 Å². The predicted octanol–water partition coefficient (Wildman–Crippen LogP) is 17.4. The fourth-order valence-electron chi connectivity index (χ4n) is 6.69. The van der Waals surface area contributed by atoms with E-state index in [4.69, 9.17) is 189 Å². The summed E-state index contributed by atoms with van der Waals surface area (Å²) in [6.45, 7) is 13.1. The fourth-order valence-corrected chi connectivity index (χ4v) is 7.16. The average molecular weight is 3370 g/mol. The minimum atomic E-state index is -4.16. The van der Waals surface area contributed by atoms with E-state index in [-0.39, 0.29) is 204 Å². The first-order valence-electron chi connectivity index (χ1n) is 31.6. The van der Waals surface area contributed by atoms with Crippen molar-refractivity contribution in [2.24, 2.45) is 38.0 Å². The van der Waals surface area contributed by atoms with Gasteiger partial charge in [-0.1, -0.05) is 141 Å². The van der Waals surface area contributed by atoms with Crippen molar-refractivity contribution in [1.82, 2.24) is 19.9 Å². The van der Waals surface area contributed by atoms with Gasteiger partial charge in [-0.2, -0.15) is 14.7 Å². The third-order valence-electron chi connectivity index (χ3n) is 11.8. The number of aliphatic hydroxyl groups is 1. The number of aryl methyl sites for hydroxylation is 2. The number of rotatable bonds is 11. The zero-order valence-corrected chi connectivity index (χ0v) is 94.7.